The second kappa shape index (κ2) is 8.14. The van der Waals surface area contributed by atoms with E-state index in [0.29, 0.717) is 5.25 Å². The first-order valence-electron chi connectivity index (χ1n) is 5.81. The van der Waals surface area contributed by atoms with E-state index in [0.717, 1.165) is 23.3 Å². The monoisotopic (exact) mass is 317 g/mol. The highest BCUT2D eigenvalue weighted by atomic mass is 79.9. The number of thioether (sulfide) groups is 1. The summed E-state index contributed by atoms with van der Waals surface area (Å²) in [4.78, 5) is 0. The van der Waals surface area contributed by atoms with Gasteiger partial charge in [-0.1, -0.05) is 41.1 Å². The Labute approximate surface area is 116 Å². The topological polar surface area (TPSA) is 35.2 Å². The largest absolute Gasteiger partial charge is 0.384 e. The van der Waals surface area contributed by atoms with E-state index in [-0.39, 0.29) is 6.04 Å². The molecule has 1 aromatic rings. The van der Waals surface area contributed by atoms with Gasteiger partial charge >= 0.3 is 0 Å². The van der Waals surface area contributed by atoms with Crippen molar-refractivity contribution in [1.82, 2.24) is 0 Å². The van der Waals surface area contributed by atoms with Gasteiger partial charge in [-0.05, 0) is 18.1 Å². The Hall–Kier alpha value is -0.0300. The minimum Gasteiger partial charge on any atom is -0.384 e. The molecule has 2 nitrogen and oxygen atoms in total. The van der Waals surface area contributed by atoms with Crippen molar-refractivity contribution in [3.8, 4) is 0 Å². The van der Waals surface area contributed by atoms with Crippen LogP contribution < -0.4 is 5.73 Å². The fraction of sp³-hybridized carbons (Fsp3) is 0.538. The number of nitrogens with two attached hydrogens (primary N) is 1. The zero-order valence-electron chi connectivity index (χ0n) is 10.4. The highest BCUT2D eigenvalue weighted by Crippen LogP contribution is 2.36. The molecular formula is C13H20BrNOS. The maximum absolute atomic E-state index is 6.22. The highest BCUT2D eigenvalue weighted by molar-refractivity contribution is 9.10. The molecule has 2 atom stereocenters. The molecule has 2 N–H and O–H groups in total. The van der Waals surface area contributed by atoms with E-state index in [1.165, 1.54) is 5.56 Å². The molecule has 0 aromatic heterocycles. The van der Waals surface area contributed by atoms with E-state index < -0.39 is 0 Å². The summed E-state index contributed by atoms with van der Waals surface area (Å²) in [7, 11) is 1.73. The van der Waals surface area contributed by atoms with Gasteiger partial charge in [0.05, 0.1) is 6.61 Å². The summed E-state index contributed by atoms with van der Waals surface area (Å²) in [6, 6.07) is 8.48. The van der Waals surface area contributed by atoms with Crippen LogP contribution in [0.3, 0.4) is 0 Å². The molecule has 96 valence electrons. The Bertz CT molecular complexity index is 335. The first-order valence-corrected chi connectivity index (χ1v) is 7.65. The maximum atomic E-state index is 6.22. The Morgan fingerprint density at radius 3 is 2.71 bits per heavy atom. The molecule has 1 aromatic carbocycles. The summed E-state index contributed by atoms with van der Waals surface area (Å²) >= 11 is 5.47. The molecule has 0 saturated heterocycles. The van der Waals surface area contributed by atoms with Crippen LogP contribution in [0.2, 0.25) is 0 Å². The molecule has 0 heterocycles. The van der Waals surface area contributed by atoms with E-state index in [1.54, 1.807) is 7.11 Å². The zero-order chi connectivity index (χ0) is 12.7. The van der Waals surface area contributed by atoms with Crippen LogP contribution >= 0.6 is 27.7 Å². The lowest BCUT2D eigenvalue weighted by molar-refractivity contribution is 0.218. The molecular weight excluding hydrogens is 298 g/mol. The van der Waals surface area contributed by atoms with E-state index >= 15 is 0 Å². The predicted molar refractivity (Wildman–Crippen MR) is 79.5 cm³/mol. The number of benzene rings is 1. The molecule has 0 saturated carbocycles. The van der Waals surface area contributed by atoms with Crippen LogP contribution in [0.15, 0.2) is 28.7 Å². The molecule has 0 aliphatic heterocycles. The van der Waals surface area contributed by atoms with Crippen molar-refractivity contribution in [2.45, 2.75) is 24.6 Å². The molecule has 0 radical (unpaired) electrons. The molecule has 4 heteroatoms. The van der Waals surface area contributed by atoms with E-state index in [4.69, 9.17) is 10.5 Å². The van der Waals surface area contributed by atoms with E-state index in [2.05, 4.69) is 41.1 Å². The van der Waals surface area contributed by atoms with Crippen LogP contribution in [0.5, 0.6) is 0 Å². The summed E-state index contributed by atoms with van der Waals surface area (Å²) < 4.78 is 6.24. The van der Waals surface area contributed by atoms with Gasteiger partial charge in [0, 0.05) is 28.6 Å². The SMILES string of the molecule is CCC(N)C(SCCOC)c1ccccc1Br. The molecule has 0 fully saturated rings. The molecule has 17 heavy (non-hydrogen) atoms. The quantitative estimate of drug-likeness (QED) is 0.780. The molecule has 0 spiro atoms. The van der Waals surface area contributed by atoms with Gasteiger partial charge in [-0.2, -0.15) is 0 Å². The van der Waals surface area contributed by atoms with Crippen LogP contribution in [-0.4, -0.2) is 25.5 Å². The molecule has 0 aliphatic carbocycles. The maximum Gasteiger partial charge on any atom is 0.0553 e. The summed E-state index contributed by atoms with van der Waals surface area (Å²) in [5.41, 5.74) is 7.50. The van der Waals surface area contributed by atoms with Crippen molar-refractivity contribution in [3.05, 3.63) is 34.3 Å². The van der Waals surface area contributed by atoms with Gasteiger partial charge in [0.25, 0.3) is 0 Å². The van der Waals surface area contributed by atoms with Crippen molar-refractivity contribution in [3.63, 3.8) is 0 Å². The Kier molecular flexibility index (Phi) is 7.19. The van der Waals surface area contributed by atoms with Gasteiger partial charge < -0.3 is 10.5 Å². The van der Waals surface area contributed by atoms with Crippen molar-refractivity contribution >= 4 is 27.7 Å². The highest BCUT2D eigenvalue weighted by Gasteiger charge is 2.20. The third kappa shape index (κ3) is 4.62. The minimum absolute atomic E-state index is 0.176. The summed E-state index contributed by atoms with van der Waals surface area (Å²) in [6.07, 6.45) is 0.978. The first kappa shape index (κ1) is 15.0. The average molecular weight is 318 g/mol. The standard InChI is InChI=1S/C13H20BrNOS/c1-3-12(15)13(17-9-8-16-2)10-6-4-5-7-11(10)14/h4-7,12-13H,3,8-9,15H2,1-2H3. The van der Waals surface area contributed by atoms with E-state index in [9.17, 15) is 0 Å². The van der Waals surface area contributed by atoms with Crippen LogP contribution in [0.25, 0.3) is 0 Å². The zero-order valence-corrected chi connectivity index (χ0v) is 12.8. The predicted octanol–water partition coefficient (Wildman–Crippen LogP) is 3.61. The van der Waals surface area contributed by atoms with Crippen molar-refractivity contribution < 1.29 is 4.74 Å². The molecule has 1 rings (SSSR count). The van der Waals surface area contributed by atoms with Crippen LogP contribution in [0.1, 0.15) is 24.2 Å². The number of rotatable bonds is 7. The lowest BCUT2D eigenvalue weighted by atomic mass is 10.0. The lowest BCUT2D eigenvalue weighted by Crippen LogP contribution is -2.26. The number of methoxy groups -OCH3 is 1. The van der Waals surface area contributed by atoms with Gasteiger partial charge in [0.2, 0.25) is 0 Å². The molecule has 0 amide bonds. The van der Waals surface area contributed by atoms with Crippen LogP contribution in [0.4, 0.5) is 0 Å². The van der Waals surface area contributed by atoms with Gasteiger partial charge in [0.1, 0.15) is 0 Å². The van der Waals surface area contributed by atoms with Crippen LogP contribution in [-0.2, 0) is 4.74 Å². The van der Waals surface area contributed by atoms with Gasteiger partial charge in [-0.3, -0.25) is 0 Å². The number of ether oxygens (including phenoxy) is 1. The average Bonchev–Trinajstić information content (AvgIpc) is 2.35. The smallest absolute Gasteiger partial charge is 0.0553 e. The number of hydrogen-bond acceptors (Lipinski definition) is 3. The fourth-order valence-corrected chi connectivity index (χ4v) is 3.65. The van der Waals surface area contributed by atoms with Crippen molar-refractivity contribution in [2.75, 3.05) is 19.5 Å². The summed E-state index contributed by atoms with van der Waals surface area (Å²) in [5.74, 6) is 0.968. The number of halogens is 1. The summed E-state index contributed by atoms with van der Waals surface area (Å²) in [6.45, 7) is 2.90. The molecule has 0 bridgehead atoms. The Morgan fingerprint density at radius 2 is 2.12 bits per heavy atom. The van der Waals surface area contributed by atoms with E-state index in [1.807, 2.05) is 17.8 Å². The second-order valence-electron chi connectivity index (χ2n) is 3.88. The van der Waals surface area contributed by atoms with Gasteiger partial charge in [-0.25, -0.2) is 0 Å². The Morgan fingerprint density at radius 1 is 1.41 bits per heavy atom. The Balaban J connectivity index is 2.79. The third-order valence-electron chi connectivity index (χ3n) is 2.66. The van der Waals surface area contributed by atoms with Gasteiger partial charge in [-0.15, -0.1) is 11.8 Å². The van der Waals surface area contributed by atoms with Crippen LogP contribution in [0, 0.1) is 0 Å². The second-order valence-corrected chi connectivity index (χ2v) is 5.98. The van der Waals surface area contributed by atoms with Crippen molar-refractivity contribution in [1.29, 1.82) is 0 Å². The molecule has 2 unspecified atom stereocenters. The summed E-state index contributed by atoms with van der Waals surface area (Å²) in [5, 5.41) is 0.325. The fourth-order valence-electron chi connectivity index (χ4n) is 1.62. The minimum atomic E-state index is 0.176. The van der Waals surface area contributed by atoms with Gasteiger partial charge in [0.15, 0.2) is 0 Å². The lowest BCUT2D eigenvalue weighted by Gasteiger charge is -2.24. The third-order valence-corrected chi connectivity index (χ3v) is 4.74. The molecule has 0 aliphatic rings. The van der Waals surface area contributed by atoms with Crippen molar-refractivity contribution in [2.24, 2.45) is 5.73 Å². The normalized spacial score (nSPS) is 14.6. The number of hydrogen-bond donors (Lipinski definition) is 1. The first-order chi connectivity index (χ1) is 8.20.